The van der Waals surface area contributed by atoms with Crippen LogP contribution in [-0.4, -0.2) is 17.1 Å². The van der Waals surface area contributed by atoms with Crippen molar-refractivity contribution in [1.82, 2.24) is 5.32 Å². The lowest BCUT2D eigenvalue weighted by Crippen LogP contribution is -2.33. The predicted molar refractivity (Wildman–Crippen MR) is 119 cm³/mol. The van der Waals surface area contributed by atoms with Crippen molar-refractivity contribution in [2.45, 2.75) is 46.2 Å². The number of aryl methyl sites for hydroxylation is 3. The Morgan fingerprint density at radius 2 is 1.66 bits per heavy atom. The molecule has 0 fully saturated rings. The first-order valence-electron chi connectivity index (χ1n) is 10.1. The SMILES string of the molecule is Cc1cc(CN[C@H](C)C(=O)O)ccc1CCc1cccc(-c2ccccc2)c1C. The smallest absolute Gasteiger partial charge is 0.320 e. The number of aliphatic carboxylic acids is 1. The third kappa shape index (κ3) is 5.33. The zero-order valence-electron chi connectivity index (χ0n) is 17.4. The van der Waals surface area contributed by atoms with Crippen LogP contribution in [0.25, 0.3) is 11.1 Å². The summed E-state index contributed by atoms with van der Waals surface area (Å²) in [5.74, 6) is -0.827. The molecule has 3 heteroatoms. The Morgan fingerprint density at radius 3 is 2.34 bits per heavy atom. The van der Waals surface area contributed by atoms with Gasteiger partial charge in [0.25, 0.3) is 0 Å². The molecular weight excluding hydrogens is 358 g/mol. The van der Waals surface area contributed by atoms with E-state index in [0.29, 0.717) is 6.54 Å². The molecule has 0 aliphatic heterocycles. The van der Waals surface area contributed by atoms with Gasteiger partial charge in [-0.1, -0.05) is 66.7 Å². The average molecular weight is 388 g/mol. The van der Waals surface area contributed by atoms with E-state index >= 15 is 0 Å². The number of benzene rings is 3. The summed E-state index contributed by atoms with van der Waals surface area (Å²) in [6.45, 7) is 6.57. The van der Waals surface area contributed by atoms with Gasteiger partial charge in [-0.2, -0.15) is 0 Å². The first-order valence-corrected chi connectivity index (χ1v) is 10.1. The minimum Gasteiger partial charge on any atom is -0.480 e. The summed E-state index contributed by atoms with van der Waals surface area (Å²) in [5.41, 5.74) is 8.99. The van der Waals surface area contributed by atoms with E-state index in [9.17, 15) is 4.79 Å². The number of carbonyl (C=O) groups is 1. The van der Waals surface area contributed by atoms with Crippen molar-refractivity contribution in [3.8, 4) is 11.1 Å². The largest absolute Gasteiger partial charge is 0.480 e. The molecule has 0 aliphatic rings. The number of nitrogens with one attached hydrogen (secondary N) is 1. The molecule has 3 nitrogen and oxygen atoms in total. The van der Waals surface area contributed by atoms with Crippen molar-refractivity contribution in [2.24, 2.45) is 0 Å². The molecule has 3 aromatic carbocycles. The fourth-order valence-corrected chi connectivity index (χ4v) is 3.66. The molecular formula is C26H29NO2. The molecule has 0 spiro atoms. The van der Waals surface area contributed by atoms with Crippen molar-refractivity contribution in [3.63, 3.8) is 0 Å². The van der Waals surface area contributed by atoms with Gasteiger partial charge in [-0.05, 0) is 72.6 Å². The van der Waals surface area contributed by atoms with Crippen molar-refractivity contribution >= 4 is 5.97 Å². The van der Waals surface area contributed by atoms with Crippen LogP contribution in [-0.2, 0) is 24.2 Å². The predicted octanol–water partition coefficient (Wildman–Crippen LogP) is 5.32. The number of hydrogen-bond donors (Lipinski definition) is 2. The van der Waals surface area contributed by atoms with E-state index in [0.717, 1.165) is 18.4 Å². The maximum absolute atomic E-state index is 10.9. The van der Waals surface area contributed by atoms with Gasteiger partial charge in [0, 0.05) is 6.54 Å². The summed E-state index contributed by atoms with van der Waals surface area (Å²) in [4.78, 5) is 10.9. The maximum Gasteiger partial charge on any atom is 0.320 e. The van der Waals surface area contributed by atoms with Crippen LogP contribution in [0.4, 0.5) is 0 Å². The van der Waals surface area contributed by atoms with Gasteiger partial charge in [0.15, 0.2) is 0 Å². The third-order valence-electron chi connectivity index (χ3n) is 5.58. The van der Waals surface area contributed by atoms with E-state index in [1.165, 1.54) is 33.4 Å². The average Bonchev–Trinajstić information content (AvgIpc) is 2.72. The first kappa shape index (κ1) is 20.8. The quantitative estimate of drug-likeness (QED) is 0.550. The third-order valence-corrected chi connectivity index (χ3v) is 5.58. The highest BCUT2D eigenvalue weighted by Crippen LogP contribution is 2.26. The lowest BCUT2D eigenvalue weighted by Gasteiger charge is -2.14. The van der Waals surface area contributed by atoms with Crippen LogP contribution in [0.3, 0.4) is 0 Å². The Balaban J connectivity index is 1.68. The highest BCUT2D eigenvalue weighted by Gasteiger charge is 2.10. The molecule has 0 aromatic heterocycles. The van der Waals surface area contributed by atoms with Crippen LogP contribution >= 0.6 is 0 Å². The van der Waals surface area contributed by atoms with E-state index in [-0.39, 0.29) is 0 Å². The zero-order valence-corrected chi connectivity index (χ0v) is 17.4. The molecule has 150 valence electrons. The van der Waals surface area contributed by atoms with Gasteiger partial charge in [-0.3, -0.25) is 4.79 Å². The first-order chi connectivity index (χ1) is 14.0. The molecule has 1 atom stereocenters. The van der Waals surface area contributed by atoms with E-state index < -0.39 is 12.0 Å². The Morgan fingerprint density at radius 1 is 0.931 bits per heavy atom. The van der Waals surface area contributed by atoms with Gasteiger partial charge < -0.3 is 10.4 Å². The normalized spacial score (nSPS) is 12.0. The number of rotatable bonds is 8. The molecule has 29 heavy (non-hydrogen) atoms. The molecule has 3 rings (SSSR count). The monoisotopic (exact) mass is 387 g/mol. The van der Waals surface area contributed by atoms with Gasteiger partial charge in [0.2, 0.25) is 0 Å². The van der Waals surface area contributed by atoms with E-state index in [4.69, 9.17) is 5.11 Å². The second-order valence-electron chi connectivity index (χ2n) is 7.66. The number of carboxylic acid groups (broad SMARTS) is 1. The molecule has 0 amide bonds. The van der Waals surface area contributed by atoms with E-state index in [1.54, 1.807) is 6.92 Å². The van der Waals surface area contributed by atoms with Crippen molar-refractivity contribution in [1.29, 1.82) is 0 Å². The molecule has 0 bridgehead atoms. The highest BCUT2D eigenvalue weighted by atomic mass is 16.4. The highest BCUT2D eigenvalue weighted by molar-refractivity contribution is 5.72. The van der Waals surface area contributed by atoms with Crippen molar-refractivity contribution in [2.75, 3.05) is 0 Å². The van der Waals surface area contributed by atoms with E-state index in [2.05, 4.69) is 79.8 Å². The number of hydrogen-bond acceptors (Lipinski definition) is 2. The molecule has 0 heterocycles. The van der Waals surface area contributed by atoms with Crippen molar-refractivity contribution < 1.29 is 9.90 Å². The molecule has 2 N–H and O–H groups in total. The lowest BCUT2D eigenvalue weighted by molar-refractivity contribution is -0.139. The molecule has 3 aromatic rings. The van der Waals surface area contributed by atoms with Gasteiger partial charge in [0.05, 0.1) is 0 Å². The fourth-order valence-electron chi connectivity index (χ4n) is 3.66. The number of carboxylic acids is 1. The fraction of sp³-hybridized carbons (Fsp3) is 0.269. The van der Waals surface area contributed by atoms with Crippen LogP contribution < -0.4 is 5.32 Å². The topological polar surface area (TPSA) is 49.3 Å². The second kappa shape index (κ2) is 9.53. The van der Waals surface area contributed by atoms with Crippen LogP contribution in [0.1, 0.15) is 34.7 Å². The summed E-state index contributed by atoms with van der Waals surface area (Å²) in [7, 11) is 0. The Hall–Kier alpha value is -2.91. The molecule has 0 unspecified atom stereocenters. The Bertz CT molecular complexity index is 979. The zero-order chi connectivity index (χ0) is 20.8. The Labute approximate surface area is 173 Å². The van der Waals surface area contributed by atoms with Gasteiger partial charge in [0.1, 0.15) is 6.04 Å². The van der Waals surface area contributed by atoms with Crippen molar-refractivity contribution in [3.05, 3.63) is 94.5 Å². The summed E-state index contributed by atoms with van der Waals surface area (Å²) in [6, 6.07) is 23.0. The minimum atomic E-state index is -0.827. The van der Waals surface area contributed by atoms with Gasteiger partial charge >= 0.3 is 5.97 Å². The summed E-state index contributed by atoms with van der Waals surface area (Å²) in [6.07, 6.45) is 1.99. The maximum atomic E-state index is 10.9. The van der Waals surface area contributed by atoms with E-state index in [1.807, 2.05) is 6.07 Å². The standard InChI is InChI=1S/C26H29NO2/c1-18-16-21(17-27-20(3)26(28)29)12-13-22(18)14-15-23-10-7-11-25(19(23)2)24-8-5-4-6-9-24/h4-13,16,20,27H,14-15,17H2,1-3H3,(H,28,29)/t20-/m1/s1. The van der Waals surface area contributed by atoms with Crippen LogP contribution in [0.5, 0.6) is 0 Å². The van der Waals surface area contributed by atoms with Crippen LogP contribution in [0, 0.1) is 13.8 Å². The Kier molecular flexibility index (Phi) is 6.84. The second-order valence-corrected chi connectivity index (χ2v) is 7.66. The molecule has 0 aliphatic carbocycles. The minimum absolute atomic E-state index is 0.546. The summed E-state index contributed by atoms with van der Waals surface area (Å²) < 4.78 is 0. The molecule has 0 radical (unpaired) electrons. The molecule has 0 saturated carbocycles. The summed E-state index contributed by atoms with van der Waals surface area (Å²) in [5, 5.41) is 12.0. The van der Waals surface area contributed by atoms with Crippen LogP contribution in [0.15, 0.2) is 66.7 Å². The van der Waals surface area contributed by atoms with Crippen LogP contribution in [0.2, 0.25) is 0 Å². The lowest BCUT2D eigenvalue weighted by atomic mass is 9.92. The molecule has 0 saturated heterocycles. The summed E-state index contributed by atoms with van der Waals surface area (Å²) >= 11 is 0. The van der Waals surface area contributed by atoms with Gasteiger partial charge in [-0.25, -0.2) is 0 Å². The van der Waals surface area contributed by atoms with Gasteiger partial charge in [-0.15, -0.1) is 0 Å².